The number of anilines is 1. The minimum absolute atomic E-state index is 0.0692. The lowest BCUT2D eigenvalue weighted by molar-refractivity contribution is -0.126. The van der Waals surface area contributed by atoms with Gasteiger partial charge in [0.15, 0.2) is 0 Å². The number of benzene rings is 1. The first-order chi connectivity index (χ1) is 10.6. The molecule has 1 aliphatic rings. The molecule has 1 amide bonds. The summed E-state index contributed by atoms with van der Waals surface area (Å²) in [6, 6.07) is 8.94. The molecule has 4 heteroatoms. The highest BCUT2D eigenvalue weighted by Crippen LogP contribution is 2.18. The lowest BCUT2D eigenvalue weighted by atomic mass is 10.0. The summed E-state index contributed by atoms with van der Waals surface area (Å²) in [6.07, 6.45) is 3.84. The van der Waals surface area contributed by atoms with Gasteiger partial charge in [-0.25, -0.2) is 0 Å². The van der Waals surface area contributed by atoms with Crippen LogP contribution in [0.4, 0.5) is 5.69 Å². The fourth-order valence-corrected chi connectivity index (χ4v) is 2.80. The molecule has 1 aromatic carbocycles. The third-order valence-electron chi connectivity index (χ3n) is 4.30. The van der Waals surface area contributed by atoms with E-state index < -0.39 is 0 Å². The molecule has 2 N–H and O–H groups in total. The molecule has 1 atom stereocenters. The van der Waals surface area contributed by atoms with E-state index in [1.807, 2.05) is 6.92 Å². The number of amides is 1. The molecule has 1 aliphatic heterocycles. The maximum Gasteiger partial charge on any atom is 0.237 e. The van der Waals surface area contributed by atoms with Gasteiger partial charge in [-0.3, -0.25) is 9.69 Å². The zero-order valence-corrected chi connectivity index (χ0v) is 13.6. The summed E-state index contributed by atoms with van der Waals surface area (Å²) in [5, 5.41) is 6.46. The molecule has 1 heterocycles. The third-order valence-corrected chi connectivity index (χ3v) is 4.30. The molecule has 0 spiro atoms. The van der Waals surface area contributed by atoms with Crippen LogP contribution in [0, 0.1) is 6.92 Å². The zero-order valence-electron chi connectivity index (χ0n) is 13.6. The van der Waals surface area contributed by atoms with Crippen molar-refractivity contribution in [3.05, 3.63) is 42.5 Å². The molecule has 0 aliphatic carbocycles. The monoisotopic (exact) mass is 301 g/mol. The first-order valence-electron chi connectivity index (χ1n) is 8.06. The summed E-state index contributed by atoms with van der Waals surface area (Å²) in [4.78, 5) is 14.2. The van der Waals surface area contributed by atoms with Gasteiger partial charge in [0.25, 0.3) is 0 Å². The average Bonchev–Trinajstić information content (AvgIpc) is 2.55. The Labute approximate surface area is 133 Å². The fraction of sp³-hybridized carbons (Fsp3) is 0.500. The summed E-state index contributed by atoms with van der Waals surface area (Å²) in [5.74, 6) is 0.0878. The molecule has 1 saturated heterocycles. The van der Waals surface area contributed by atoms with Crippen molar-refractivity contribution in [2.45, 2.75) is 38.8 Å². The van der Waals surface area contributed by atoms with Crippen molar-refractivity contribution in [3.63, 3.8) is 0 Å². The minimum atomic E-state index is -0.0692. The van der Waals surface area contributed by atoms with Crippen molar-refractivity contribution < 1.29 is 4.79 Å². The summed E-state index contributed by atoms with van der Waals surface area (Å²) in [5.41, 5.74) is 2.46. The number of carbonyl (C=O) groups is 1. The van der Waals surface area contributed by atoms with Gasteiger partial charge in [-0.1, -0.05) is 23.8 Å². The van der Waals surface area contributed by atoms with Gasteiger partial charge in [-0.2, -0.15) is 0 Å². The standard InChI is InChI=1S/C18H27N3O/c1-4-11-19-18(22)15(3)21-12-9-17(10-13-21)20-16-7-5-14(2)6-8-16/h4-8,15,17,20H,1,9-13H2,2-3H3,(H,19,22)/t15-/m0/s1. The predicted octanol–water partition coefficient (Wildman–Crippen LogP) is 2.56. The van der Waals surface area contributed by atoms with Crippen LogP contribution in [0.15, 0.2) is 36.9 Å². The molecule has 1 aromatic rings. The van der Waals surface area contributed by atoms with Crippen molar-refractivity contribution in [1.82, 2.24) is 10.2 Å². The summed E-state index contributed by atoms with van der Waals surface area (Å²) >= 11 is 0. The molecule has 22 heavy (non-hydrogen) atoms. The van der Waals surface area contributed by atoms with Gasteiger partial charge in [0.2, 0.25) is 5.91 Å². The number of hydrogen-bond donors (Lipinski definition) is 2. The predicted molar refractivity (Wildman–Crippen MR) is 92.1 cm³/mol. The topological polar surface area (TPSA) is 44.4 Å². The van der Waals surface area contributed by atoms with Crippen LogP contribution in [0.5, 0.6) is 0 Å². The second kappa shape index (κ2) is 7.99. The highest BCUT2D eigenvalue weighted by Gasteiger charge is 2.26. The first kappa shape index (κ1) is 16.6. The number of hydrogen-bond acceptors (Lipinski definition) is 3. The fourth-order valence-electron chi connectivity index (χ4n) is 2.80. The summed E-state index contributed by atoms with van der Waals surface area (Å²) < 4.78 is 0. The Hall–Kier alpha value is -1.81. The van der Waals surface area contributed by atoms with Crippen molar-refractivity contribution in [3.8, 4) is 0 Å². The van der Waals surface area contributed by atoms with E-state index >= 15 is 0 Å². The van der Waals surface area contributed by atoms with Gasteiger partial charge in [0.1, 0.15) is 0 Å². The van der Waals surface area contributed by atoms with E-state index in [2.05, 4.69) is 53.3 Å². The molecule has 0 aromatic heterocycles. The molecule has 120 valence electrons. The van der Waals surface area contributed by atoms with Crippen LogP contribution >= 0.6 is 0 Å². The van der Waals surface area contributed by atoms with Crippen molar-refractivity contribution in [2.75, 3.05) is 25.0 Å². The van der Waals surface area contributed by atoms with Gasteiger partial charge >= 0.3 is 0 Å². The van der Waals surface area contributed by atoms with Crippen LogP contribution < -0.4 is 10.6 Å². The van der Waals surface area contributed by atoms with E-state index in [4.69, 9.17) is 0 Å². The quantitative estimate of drug-likeness (QED) is 0.794. The van der Waals surface area contributed by atoms with E-state index in [9.17, 15) is 4.79 Å². The maximum atomic E-state index is 12.0. The van der Waals surface area contributed by atoms with E-state index in [-0.39, 0.29) is 11.9 Å². The number of nitrogens with one attached hydrogen (secondary N) is 2. The van der Waals surface area contributed by atoms with Gasteiger partial charge in [-0.05, 0) is 38.8 Å². The molecule has 0 bridgehead atoms. The van der Waals surface area contributed by atoms with Gasteiger partial charge in [0.05, 0.1) is 6.04 Å². The molecular weight excluding hydrogens is 274 g/mol. The smallest absolute Gasteiger partial charge is 0.237 e. The summed E-state index contributed by atoms with van der Waals surface area (Å²) in [7, 11) is 0. The average molecular weight is 301 g/mol. The number of nitrogens with zero attached hydrogens (tertiary/aromatic N) is 1. The van der Waals surface area contributed by atoms with Gasteiger partial charge in [0, 0.05) is 31.4 Å². The first-order valence-corrected chi connectivity index (χ1v) is 8.06. The highest BCUT2D eigenvalue weighted by atomic mass is 16.2. The van der Waals surface area contributed by atoms with Crippen LogP contribution in [0.3, 0.4) is 0 Å². The van der Waals surface area contributed by atoms with Crippen LogP contribution in [0.25, 0.3) is 0 Å². The van der Waals surface area contributed by atoms with Gasteiger partial charge in [-0.15, -0.1) is 6.58 Å². The normalized spacial score (nSPS) is 17.7. The Balaban J connectivity index is 1.78. The summed E-state index contributed by atoms with van der Waals surface area (Å²) in [6.45, 7) is 10.1. The number of rotatable bonds is 6. The van der Waals surface area contributed by atoms with Crippen LogP contribution in [0.1, 0.15) is 25.3 Å². The molecule has 2 rings (SSSR count). The Morgan fingerprint density at radius 1 is 1.36 bits per heavy atom. The lowest BCUT2D eigenvalue weighted by Gasteiger charge is -2.35. The minimum Gasteiger partial charge on any atom is -0.382 e. The molecule has 0 unspecified atom stereocenters. The Morgan fingerprint density at radius 3 is 2.59 bits per heavy atom. The second-order valence-corrected chi connectivity index (χ2v) is 6.03. The van der Waals surface area contributed by atoms with E-state index in [0.717, 1.165) is 25.9 Å². The lowest BCUT2D eigenvalue weighted by Crippen LogP contribution is -2.49. The van der Waals surface area contributed by atoms with E-state index in [1.165, 1.54) is 11.3 Å². The molecule has 0 saturated carbocycles. The largest absolute Gasteiger partial charge is 0.382 e. The molecule has 1 fully saturated rings. The van der Waals surface area contributed by atoms with E-state index in [0.29, 0.717) is 12.6 Å². The van der Waals surface area contributed by atoms with Crippen LogP contribution in [0.2, 0.25) is 0 Å². The Kier molecular flexibility index (Phi) is 6.01. The van der Waals surface area contributed by atoms with Crippen LogP contribution in [-0.2, 0) is 4.79 Å². The molecule has 0 radical (unpaired) electrons. The highest BCUT2D eigenvalue weighted by molar-refractivity contribution is 5.81. The van der Waals surface area contributed by atoms with Crippen molar-refractivity contribution in [2.24, 2.45) is 0 Å². The van der Waals surface area contributed by atoms with Crippen molar-refractivity contribution in [1.29, 1.82) is 0 Å². The van der Waals surface area contributed by atoms with Crippen LogP contribution in [-0.4, -0.2) is 42.5 Å². The zero-order chi connectivity index (χ0) is 15.9. The second-order valence-electron chi connectivity index (χ2n) is 6.03. The number of piperidine rings is 1. The number of aryl methyl sites for hydroxylation is 1. The molecule has 4 nitrogen and oxygen atoms in total. The SMILES string of the molecule is C=CCNC(=O)[C@H](C)N1CCC(Nc2ccc(C)cc2)CC1. The van der Waals surface area contributed by atoms with Gasteiger partial charge < -0.3 is 10.6 Å². The number of carbonyl (C=O) groups excluding carboxylic acids is 1. The van der Waals surface area contributed by atoms with E-state index in [1.54, 1.807) is 6.08 Å². The Bertz CT molecular complexity index is 490. The van der Waals surface area contributed by atoms with Crippen molar-refractivity contribution >= 4 is 11.6 Å². The number of likely N-dealkylation sites (tertiary alicyclic amines) is 1. The third kappa shape index (κ3) is 4.60. The maximum absolute atomic E-state index is 12.0. The Morgan fingerprint density at radius 2 is 2.00 bits per heavy atom. The molecular formula is C18H27N3O.